The summed E-state index contributed by atoms with van der Waals surface area (Å²) in [7, 11) is 0. The fraction of sp³-hybridized carbons (Fsp3) is 0.190. The first kappa shape index (κ1) is 21.3. The smallest absolute Gasteiger partial charge is 0.336 e. The standard InChI is InChI=1S/C21H21N5O3S/c1-3-26-19(15-10-8-14(2)9-11-15)24-25-21(26)30-13-18(27)23-22-12-16-6-4-5-7-17(16)20(28)29/h4-12H,3,13H2,1-2H3,(H,23,27)(H,28,29). The molecular weight excluding hydrogens is 402 g/mol. The van der Waals surface area contributed by atoms with Crippen molar-refractivity contribution in [3.05, 3.63) is 65.2 Å². The highest BCUT2D eigenvalue weighted by Crippen LogP contribution is 2.24. The Kier molecular flexibility index (Phi) is 6.97. The van der Waals surface area contributed by atoms with Gasteiger partial charge >= 0.3 is 5.97 Å². The van der Waals surface area contributed by atoms with Crippen molar-refractivity contribution in [2.75, 3.05) is 5.75 Å². The molecule has 1 aromatic heterocycles. The zero-order valence-electron chi connectivity index (χ0n) is 16.6. The summed E-state index contributed by atoms with van der Waals surface area (Å²) in [5, 5.41) is 22.1. The number of aromatic carboxylic acids is 1. The number of benzene rings is 2. The van der Waals surface area contributed by atoms with Gasteiger partial charge in [-0.05, 0) is 19.9 Å². The van der Waals surface area contributed by atoms with Crippen LogP contribution in [0.4, 0.5) is 0 Å². The molecule has 8 nitrogen and oxygen atoms in total. The Hall–Kier alpha value is -3.46. The van der Waals surface area contributed by atoms with Crippen LogP contribution in [0.1, 0.15) is 28.4 Å². The van der Waals surface area contributed by atoms with Gasteiger partial charge < -0.3 is 9.67 Å². The predicted octanol–water partition coefficient (Wildman–Crippen LogP) is 3.21. The number of carbonyl (C=O) groups excluding carboxylic acids is 1. The number of amides is 1. The van der Waals surface area contributed by atoms with Crippen LogP contribution in [0.2, 0.25) is 0 Å². The molecule has 0 spiro atoms. The number of hydrogen-bond donors (Lipinski definition) is 2. The van der Waals surface area contributed by atoms with Crippen molar-refractivity contribution in [1.29, 1.82) is 0 Å². The van der Waals surface area contributed by atoms with Gasteiger partial charge in [0.1, 0.15) is 0 Å². The predicted molar refractivity (Wildman–Crippen MR) is 116 cm³/mol. The molecule has 154 valence electrons. The summed E-state index contributed by atoms with van der Waals surface area (Å²) >= 11 is 1.26. The summed E-state index contributed by atoms with van der Waals surface area (Å²) in [6.07, 6.45) is 1.32. The third-order valence-electron chi connectivity index (χ3n) is 4.26. The molecule has 1 heterocycles. The molecule has 3 aromatic rings. The first-order valence-corrected chi connectivity index (χ1v) is 10.3. The van der Waals surface area contributed by atoms with Gasteiger partial charge in [0.15, 0.2) is 11.0 Å². The van der Waals surface area contributed by atoms with Gasteiger partial charge in [-0.2, -0.15) is 5.10 Å². The molecule has 0 aliphatic heterocycles. The van der Waals surface area contributed by atoms with E-state index in [0.717, 1.165) is 11.4 Å². The minimum absolute atomic E-state index is 0.101. The van der Waals surface area contributed by atoms with Crippen LogP contribution >= 0.6 is 11.8 Å². The highest BCUT2D eigenvalue weighted by atomic mass is 32.2. The van der Waals surface area contributed by atoms with Crippen molar-refractivity contribution in [3.8, 4) is 11.4 Å². The van der Waals surface area contributed by atoms with Crippen molar-refractivity contribution < 1.29 is 14.7 Å². The maximum Gasteiger partial charge on any atom is 0.336 e. The number of carbonyl (C=O) groups is 2. The molecule has 0 saturated carbocycles. The van der Waals surface area contributed by atoms with Gasteiger partial charge in [0.2, 0.25) is 0 Å². The van der Waals surface area contributed by atoms with E-state index in [1.807, 2.05) is 42.7 Å². The Bertz CT molecular complexity index is 1080. The number of aryl methyl sites for hydroxylation is 1. The van der Waals surface area contributed by atoms with Crippen molar-refractivity contribution in [1.82, 2.24) is 20.2 Å². The van der Waals surface area contributed by atoms with Crippen LogP contribution in [0.25, 0.3) is 11.4 Å². The fourth-order valence-electron chi connectivity index (χ4n) is 2.74. The number of hydrazone groups is 1. The maximum absolute atomic E-state index is 12.1. The second-order valence-electron chi connectivity index (χ2n) is 6.39. The van der Waals surface area contributed by atoms with E-state index in [9.17, 15) is 9.59 Å². The quantitative estimate of drug-likeness (QED) is 0.327. The van der Waals surface area contributed by atoms with Crippen LogP contribution in [-0.4, -0.2) is 43.7 Å². The number of carboxylic acids is 1. The average molecular weight is 423 g/mol. The van der Waals surface area contributed by atoms with Crippen molar-refractivity contribution >= 4 is 29.9 Å². The number of carboxylic acid groups (broad SMARTS) is 1. The number of nitrogens with zero attached hydrogens (tertiary/aromatic N) is 4. The molecule has 2 aromatic carbocycles. The first-order valence-electron chi connectivity index (χ1n) is 9.27. The molecule has 0 bridgehead atoms. The van der Waals surface area contributed by atoms with E-state index in [2.05, 4.69) is 20.7 Å². The third kappa shape index (κ3) is 5.12. The SMILES string of the molecule is CCn1c(SCC(=O)NN=Cc2ccccc2C(=O)O)nnc1-c1ccc(C)cc1. The molecule has 2 N–H and O–H groups in total. The summed E-state index contributed by atoms with van der Waals surface area (Å²) in [6.45, 7) is 4.69. The van der Waals surface area contributed by atoms with E-state index in [-0.39, 0.29) is 17.2 Å². The molecule has 0 radical (unpaired) electrons. The average Bonchev–Trinajstić information content (AvgIpc) is 3.16. The number of aromatic nitrogens is 3. The van der Waals surface area contributed by atoms with Crippen LogP contribution < -0.4 is 5.43 Å². The van der Waals surface area contributed by atoms with Crippen LogP contribution in [0.5, 0.6) is 0 Å². The van der Waals surface area contributed by atoms with Gasteiger partial charge in [-0.1, -0.05) is 59.8 Å². The molecule has 0 aliphatic carbocycles. The lowest BCUT2D eigenvalue weighted by molar-refractivity contribution is -0.118. The summed E-state index contributed by atoms with van der Waals surface area (Å²) in [5.41, 5.74) is 5.06. The highest BCUT2D eigenvalue weighted by molar-refractivity contribution is 7.99. The Morgan fingerprint density at radius 2 is 1.90 bits per heavy atom. The Balaban J connectivity index is 1.61. The molecule has 9 heteroatoms. The van der Waals surface area contributed by atoms with Crippen molar-refractivity contribution in [2.24, 2.45) is 5.10 Å². The minimum Gasteiger partial charge on any atom is -0.478 e. The summed E-state index contributed by atoms with van der Waals surface area (Å²) in [5.74, 6) is -0.526. The molecule has 0 atom stereocenters. The zero-order chi connectivity index (χ0) is 21.5. The number of hydrogen-bond acceptors (Lipinski definition) is 6. The maximum atomic E-state index is 12.1. The summed E-state index contributed by atoms with van der Waals surface area (Å²) < 4.78 is 1.95. The van der Waals surface area contributed by atoms with E-state index in [1.165, 1.54) is 29.6 Å². The van der Waals surface area contributed by atoms with Gasteiger partial charge in [-0.3, -0.25) is 4.79 Å². The number of rotatable bonds is 8. The molecule has 0 unspecified atom stereocenters. The molecule has 3 rings (SSSR count). The molecule has 30 heavy (non-hydrogen) atoms. The highest BCUT2D eigenvalue weighted by Gasteiger charge is 2.14. The lowest BCUT2D eigenvalue weighted by Crippen LogP contribution is -2.20. The van der Waals surface area contributed by atoms with E-state index in [0.29, 0.717) is 17.3 Å². The number of nitrogens with one attached hydrogen (secondary N) is 1. The summed E-state index contributed by atoms with van der Waals surface area (Å²) in [4.78, 5) is 23.3. The molecule has 1 amide bonds. The second kappa shape index (κ2) is 9.84. The van der Waals surface area contributed by atoms with Gasteiger partial charge in [0.05, 0.1) is 17.5 Å². The molecule has 0 saturated heterocycles. The second-order valence-corrected chi connectivity index (χ2v) is 7.33. The molecular formula is C21H21N5O3S. The van der Waals surface area contributed by atoms with Crippen LogP contribution in [0.3, 0.4) is 0 Å². The lowest BCUT2D eigenvalue weighted by atomic mass is 10.1. The van der Waals surface area contributed by atoms with Gasteiger partial charge in [-0.15, -0.1) is 10.2 Å². The van der Waals surface area contributed by atoms with Crippen LogP contribution in [-0.2, 0) is 11.3 Å². The Morgan fingerprint density at radius 1 is 1.17 bits per heavy atom. The fourth-order valence-corrected chi connectivity index (χ4v) is 3.53. The van der Waals surface area contributed by atoms with Gasteiger partial charge in [0, 0.05) is 17.7 Å². The van der Waals surface area contributed by atoms with E-state index in [4.69, 9.17) is 5.11 Å². The van der Waals surface area contributed by atoms with E-state index in [1.54, 1.807) is 18.2 Å². The topological polar surface area (TPSA) is 109 Å². The largest absolute Gasteiger partial charge is 0.478 e. The Morgan fingerprint density at radius 3 is 2.60 bits per heavy atom. The normalized spacial score (nSPS) is 11.0. The molecule has 0 fully saturated rings. The van der Waals surface area contributed by atoms with E-state index < -0.39 is 5.97 Å². The molecule has 0 aliphatic rings. The summed E-state index contributed by atoms with van der Waals surface area (Å²) in [6, 6.07) is 14.5. The minimum atomic E-state index is -1.05. The first-order chi connectivity index (χ1) is 14.5. The third-order valence-corrected chi connectivity index (χ3v) is 5.23. The van der Waals surface area contributed by atoms with Gasteiger partial charge in [-0.25, -0.2) is 10.2 Å². The van der Waals surface area contributed by atoms with E-state index >= 15 is 0 Å². The number of thioether (sulfide) groups is 1. The van der Waals surface area contributed by atoms with Crippen molar-refractivity contribution in [3.63, 3.8) is 0 Å². The van der Waals surface area contributed by atoms with Crippen LogP contribution in [0.15, 0.2) is 58.8 Å². The monoisotopic (exact) mass is 423 g/mol. The zero-order valence-corrected chi connectivity index (χ0v) is 17.4. The van der Waals surface area contributed by atoms with Crippen LogP contribution in [0, 0.1) is 6.92 Å². The van der Waals surface area contributed by atoms with Crippen molar-refractivity contribution in [2.45, 2.75) is 25.5 Å². The van der Waals surface area contributed by atoms with Gasteiger partial charge in [0.25, 0.3) is 5.91 Å². The Labute approximate surface area is 178 Å². The lowest BCUT2D eigenvalue weighted by Gasteiger charge is -2.07.